The van der Waals surface area contributed by atoms with Gasteiger partial charge in [-0.15, -0.1) is 0 Å². The highest BCUT2D eigenvalue weighted by Gasteiger charge is 2.10. The number of aromatic carboxylic acids is 1. The average Bonchev–Trinajstić information content (AvgIpc) is 2.27. The van der Waals surface area contributed by atoms with E-state index in [4.69, 9.17) is 5.11 Å². The predicted octanol–water partition coefficient (Wildman–Crippen LogP) is 3.64. The maximum absolute atomic E-state index is 13.3. The standard InChI is InChI=1S/C14H10F2O2/c1-8-4-11(15)2-3-13(8)9-5-10(14(17)18)7-12(16)6-9/h2-7H,1H3,(H,17,18). The lowest BCUT2D eigenvalue weighted by atomic mass is 9.98. The van der Waals surface area contributed by atoms with Crippen molar-refractivity contribution in [2.45, 2.75) is 6.92 Å². The zero-order valence-corrected chi connectivity index (χ0v) is 9.58. The molecule has 0 aliphatic heterocycles. The van der Waals surface area contributed by atoms with Crippen LogP contribution >= 0.6 is 0 Å². The van der Waals surface area contributed by atoms with Gasteiger partial charge in [0.1, 0.15) is 11.6 Å². The van der Waals surface area contributed by atoms with Crippen LogP contribution in [0.1, 0.15) is 15.9 Å². The molecule has 1 N–H and O–H groups in total. The molecule has 92 valence electrons. The molecule has 0 atom stereocenters. The number of rotatable bonds is 2. The van der Waals surface area contributed by atoms with Crippen LogP contribution in [0, 0.1) is 18.6 Å². The number of hydrogen-bond donors (Lipinski definition) is 1. The van der Waals surface area contributed by atoms with E-state index in [1.165, 1.54) is 30.3 Å². The Balaban J connectivity index is 2.60. The molecule has 0 bridgehead atoms. The van der Waals surface area contributed by atoms with Crippen molar-refractivity contribution < 1.29 is 18.7 Å². The first-order valence-electron chi connectivity index (χ1n) is 5.28. The normalized spacial score (nSPS) is 10.4. The maximum Gasteiger partial charge on any atom is 0.335 e. The number of halogens is 2. The molecule has 4 heteroatoms. The van der Waals surface area contributed by atoms with E-state index >= 15 is 0 Å². The van der Waals surface area contributed by atoms with Gasteiger partial charge in [0.2, 0.25) is 0 Å². The van der Waals surface area contributed by atoms with E-state index in [2.05, 4.69) is 0 Å². The van der Waals surface area contributed by atoms with Gasteiger partial charge in [-0.25, -0.2) is 13.6 Å². The summed E-state index contributed by atoms with van der Waals surface area (Å²) in [5.74, 6) is -2.21. The Hall–Kier alpha value is -2.23. The fourth-order valence-electron chi connectivity index (χ4n) is 1.82. The third kappa shape index (κ3) is 2.37. The zero-order valence-electron chi connectivity index (χ0n) is 9.58. The van der Waals surface area contributed by atoms with Gasteiger partial charge in [0.15, 0.2) is 0 Å². The van der Waals surface area contributed by atoms with Gasteiger partial charge in [0, 0.05) is 0 Å². The van der Waals surface area contributed by atoms with E-state index in [9.17, 15) is 13.6 Å². The molecule has 2 aromatic carbocycles. The van der Waals surface area contributed by atoms with Crippen molar-refractivity contribution in [1.82, 2.24) is 0 Å². The summed E-state index contributed by atoms with van der Waals surface area (Å²) >= 11 is 0. The predicted molar refractivity (Wildman–Crippen MR) is 63.5 cm³/mol. The van der Waals surface area contributed by atoms with Gasteiger partial charge < -0.3 is 5.11 Å². The van der Waals surface area contributed by atoms with Crippen LogP contribution in [0.5, 0.6) is 0 Å². The maximum atomic E-state index is 13.3. The fourth-order valence-corrected chi connectivity index (χ4v) is 1.82. The van der Waals surface area contributed by atoms with Crippen LogP contribution in [0.3, 0.4) is 0 Å². The summed E-state index contributed by atoms with van der Waals surface area (Å²) in [5.41, 5.74) is 1.52. The third-order valence-electron chi connectivity index (χ3n) is 2.64. The van der Waals surface area contributed by atoms with E-state index < -0.39 is 11.8 Å². The molecule has 0 spiro atoms. The summed E-state index contributed by atoms with van der Waals surface area (Å²) in [4.78, 5) is 10.8. The van der Waals surface area contributed by atoms with E-state index in [1.807, 2.05) is 0 Å². The highest BCUT2D eigenvalue weighted by Crippen LogP contribution is 2.26. The summed E-state index contributed by atoms with van der Waals surface area (Å²) in [6.45, 7) is 1.68. The zero-order chi connectivity index (χ0) is 13.3. The molecule has 2 rings (SSSR count). The van der Waals surface area contributed by atoms with Crippen LogP contribution in [0.2, 0.25) is 0 Å². The third-order valence-corrected chi connectivity index (χ3v) is 2.64. The summed E-state index contributed by atoms with van der Waals surface area (Å²) < 4.78 is 26.3. The molecule has 0 aliphatic carbocycles. The lowest BCUT2D eigenvalue weighted by Crippen LogP contribution is -1.98. The minimum Gasteiger partial charge on any atom is -0.478 e. The van der Waals surface area contributed by atoms with Crippen molar-refractivity contribution in [3.05, 3.63) is 59.2 Å². The van der Waals surface area contributed by atoms with Crippen molar-refractivity contribution in [2.75, 3.05) is 0 Å². The Morgan fingerprint density at radius 1 is 1.06 bits per heavy atom. The lowest BCUT2D eigenvalue weighted by molar-refractivity contribution is 0.0696. The monoisotopic (exact) mass is 248 g/mol. The second-order valence-electron chi connectivity index (χ2n) is 3.99. The number of carbonyl (C=O) groups is 1. The first-order chi connectivity index (χ1) is 8.47. The van der Waals surface area contributed by atoms with Gasteiger partial charge in [-0.05, 0) is 53.9 Å². The smallest absolute Gasteiger partial charge is 0.335 e. The Labute approximate surface area is 103 Å². The SMILES string of the molecule is Cc1cc(F)ccc1-c1cc(F)cc(C(=O)O)c1. The topological polar surface area (TPSA) is 37.3 Å². The summed E-state index contributed by atoms with van der Waals surface area (Å²) in [6, 6.07) is 7.63. The molecule has 0 amide bonds. The molecule has 0 saturated carbocycles. The summed E-state index contributed by atoms with van der Waals surface area (Å²) in [5, 5.41) is 8.87. The van der Waals surface area contributed by atoms with Crippen LogP contribution < -0.4 is 0 Å². The number of carboxylic acid groups (broad SMARTS) is 1. The van der Waals surface area contributed by atoms with E-state index in [-0.39, 0.29) is 11.4 Å². The second kappa shape index (κ2) is 4.56. The molecule has 0 unspecified atom stereocenters. The largest absolute Gasteiger partial charge is 0.478 e. The number of carboxylic acids is 1. The van der Waals surface area contributed by atoms with Crippen LogP contribution in [-0.2, 0) is 0 Å². The minimum atomic E-state index is -1.20. The number of hydrogen-bond acceptors (Lipinski definition) is 1. The van der Waals surface area contributed by atoms with Gasteiger partial charge in [-0.2, -0.15) is 0 Å². The molecule has 0 saturated heterocycles. The van der Waals surface area contributed by atoms with Crippen molar-refractivity contribution >= 4 is 5.97 Å². The highest BCUT2D eigenvalue weighted by molar-refractivity contribution is 5.89. The van der Waals surface area contributed by atoms with Crippen molar-refractivity contribution in [1.29, 1.82) is 0 Å². The molecular formula is C14H10F2O2. The van der Waals surface area contributed by atoms with Crippen LogP contribution in [-0.4, -0.2) is 11.1 Å². The molecule has 0 radical (unpaired) electrons. The van der Waals surface area contributed by atoms with Gasteiger partial charge >= 0.3 is 5.97 Å². The Morgan fingerprint density at radius 3 is 2.39 bits per heavy atom. The highest BCUT2D eigenvalue weighted by atomic mass is 19.1. The number of aryl methyl sites for hydroxylation is 1. The average molecular weight is 248 g/mol. The van der Waals surface area contributed by atoms with Crippen molar-refractivity contribution in [3.8, 4) is 11.1 Å². The van der Waals surface area contributed by atoms with Gasteiger partial charge in [0.05, 0.1) is 5.56 Å². The van der Waals surface area contributed by atoms with Gasteiger partial charge in [0.25, 0.3) is 0 Å². The first-order valence-corrected chi connectivity index (χ1v) is 5.28. The first kappa shape index (κ1) is 12.2. The van der Waals surface area contributed by atoms with Crippen LogP contribution in [0.4, 0.5) is 8.78 Å². The molecule has 0 fully saturated rings. The Bertz CT molecular complexity index is 621. The molecule has 0 heterocycles. The van der Waals surface area contributed by atoms with E-state index in [0.717, 1.165) is 6.07 Å². The van der Waals surface area contributed by atoms with E-state index in [0.29, 0.717) is 16.7 Å². The van der Waals surface area contributed by atoms with Crippen molar-refractivity contribution in [2.24, 2.45) is 0 Å². The molecule has 2 nitrogen and oxygen atoms in total. The summed E-state index contributed by atoms with van der Waals surface area (Å²) in [7, 11) is 0. The second-order valence-corrected chi connectivity index (χ2v) is 3.99. The molecule has 0 aliphatic rings. The Kier molecular flexibility index (Phi) is 3.10. The van der Waals surface area contributed by atoms with Gasteiger partial charge in [-0.1, -0.05) is 6.07 Å². The molecule has 0 aromatic heterocycles. The van der Waals surface area contributed by atoms with Crippen molar-refractivity contribution in [3.63, 3.8) is 0 Å². The minimum absolute atomic E-state index is 0.131. The molecular weight excluding hydrogens is 238 g/mol. The molecule has 2 aromatic rings. The van der Waals surface area contributed by atoms with Crippen LogP contribution in [0.15, 0.2) is 36.4 Å². The number of benzene rings is 2. The summed E-state index contributed by atoms with van der Waals surface area (Å²) in [6.07, 6.45) is 0. The lowest BCUT2D eigenvalue weighted by Gasteiger charge is -2.07. The van der Waals surface area contributed by atoms with Gasteiger partial charge in [-0.3, -0.25) is 0 Å². The van der Waals surface area contributed by atoms with E-state index in [1.54, 1.807) is 6.92 Å². The quantitative estimate of drug-likeness (QED) is 0.880. The fraction of sp³-hybridized carbons (Fsp3) is 0.0714. The van der Waals surface area contributed by atoms with Crippen LogP contribution in [0.25, 0.3) is 11.1 Å². The molecule has 18 heavy (non-hydrogen) atoms. The Morgan fingerprint density at radius 2 is 1.78 bits per heavy atom.